The van der Waals surface area contributed by atoms with Crippen molar-refractivity contribution < 1.29 is 33.8 Å². The van der Waals surface area contributed by atoms with Crippen molar-refractivity contribution in [2.24, 2.45) is 0 Å². The summed E-state index contributed by atoms with van der Waals surface area (Å²) in [4.78, 5) is 33.2. The van der Waals surface area contributed by atoms with E-state index in [2.05, 4.69) is 68.0 Å². The molecule has 2 atom stereocenters. The molecule has 0 bridgehead atoms. The number of ether oxygens (including phenoxy) is 3. The second-order valence-corrected chi connectivity index (χ2v) is 12.6. The Morgan fingerprint density at radius 2 is 1.80 bits per heavy atom. The van der Waals surface area contributed by atoms with Crippen molar-refractivity contribution in [1.29, 1.82) is 0 Å². The number of nitrogens with zero attached hydrogens (tertiary/aromatic N) is 3. The SMILES string of the molecule is CCCCN(CCCC)C(=O)CN1CC(c2cc(OC)c3c(c2)OCO3)CC1CCc1ccccn1.CSC(=O)O.C[NH+](C)C. The zero-order chi connectivity index (χ0) is 33.2. The molecule has 11 heteroatoms. The van der Waals surface area contributed by atoms with Gasteiger partial charge in [-0.25, -0.2) is 4.79 Å². The average molecular weight is 648 g/mol. The van der Waals surface area contributed by atoms with Gasteiger partial charge in [0.15, 0.2) is 11.5 Å². The van der Waals surface area contributed by atoms with Crippen LogP contribution in [-0.2, 0) is 11.2 Å². The van der Waals surface area contributed by atoms with Crippen LogP contribution in [0.25, 0.3) is 0 Å². The van der Waals surface area contributed by atoms with Crippen LogP contribution < -0.4 is 19.1 Å². The molecule has 2 aromatic rings. The molecule has 10 nitrogen and oxygen atoms in total. The number of benzene rings is 1. The molecule has 3 heterocycles. The maximum absolute atomic E-state index is 13.4. The molecule has 2 aliphatic rings. The second-order valence-electron chi connectivity index (χ2n) is 11.9. The summed E-state index contributed by atoms with van der Waals surface area (Å²) in [5.74, 6) is 2.69. The van der Waals surface area contributed by atoms with E-state index in [1.54, 1.807) is 7.11 Å². The van der Waals surface area contributed by atoms with Crippen molar-refractivity contribution >= 4 is 23.0 Å². The minimum Gasteiger partial charge on any atom is -0.493 e. The lowest BCUT2D eigenvalue weighted by Crippen LogP contribution is -3.02. The summed E-state index contributed by atoms with van der Waals surface area (Å²) in [5.41, 5.74) is 2.28. The van der Waals surface area contributed by atoms with E-state index in [4.69, 9.17) is 19.3 Å². The number of unbranched alkanes of at least 4 members (excludes halogenated alkanes) is 2. The molecule has 1 aromatic heterocycles. The predicted molar refractivity (Wildman–Crippen MR) is 181 cm³/mol. The van der Waals surface area contributed by atoms with E-state index >= 15 is 0 Å². The fourth-order valence-electron chi connectivity index (χ4n) is 5.30. The number of thioether (sulfide) groups is 1. The number of nitrogens with one attached hydrogen (secondary N) is 1. The molecular weight excluding hydrogens is 592 g/mol. The molecule has 0 aliphatic carbocycles. The van der Waals surface area contributed by atoms with Gasteiger partial charge in [0.2, 0.25) is 18.4 Å². The van der Waals surface area contributed by atoms with Gasteiger partial charge < -0.3 is 29.1 Å². The van der Waals surface area contributed by atoms with Crippen molar-refractivity contribution in [3.63, 3.8) is 0 Å². The normalized spacial score (nSPS) is 16.8. The van der Waals surface area contributed by atoms with Crippen LogP contribution in [0.2, 0.25) is 0 Å². The molecule has 0 saturated carbocycles. The average Bonchev–Trinajstić information content (AvgIpc) is 3.67. The van der Waals surface area contributed by atoms with Crippen LogP contribution in [-0.4, -0.2) is 105 Å². The summed E-state index contributed by atoms with van der Waals surface area (Å²) in [6.07, 6.45) is 10.5. The van der Waals surface area contributed by atoms with Gasteiger partial charge in [0, 0.05) is 37.6 Å². The number of carboxylic acid groups (broad SMARTS) is 1. The first-order valence-electron chi connectivity index (χ1n) is 16.1. The molecule has 2 N–H and O–H groups in total. The van der Waals surface area contributed by atoms with Crippen molar-refractivity contribution in [2.45, 2.75) is 70.8 Å². The van der Waals surface area contributed by atoms with Gasteiger partial charge in [-0.15, -0.1) is 0 Å². The van der Waals surface area contributed by atoms with Crippen molar-refractivity contribution in [1.82, 2.24) is 14.8 Å². The number of hydrogen-bond donors (Lipinski definition) is 2. The highest BCUT2D eigenvalue weighted by molar-refractivity contribution is 8.12. The van der Waals surface area contributed by atoms with E-state index in [0.29, 0.717) is 30.0 Å². The molecule has 1 amide bonds. The number of likely N-dealkylation sites (tertiary alicyclic amines) is 1. The third-order valence-electron chi connectivity index (χ3n) is 7.57. The highest BCUT2D eigenvalue weighted by Crippen LogP contribution is 2.45. The van der Waals surface area contributed by atoms with E-state index in [-0.39, 0.29) is 12.7 Å². The van der Waals surface area contributed by atoms with Gasteiger partial charge in [-0.3, -0.25) is 14.7 Å². The monoisotopic (exact) mass is 647 g/mol. The standard InChI is InChI=1S/C29H41N3O4.C3H9N.C2H4O2S/c1-4-6-14-31(15-7-5-2)28(33)20-32-19-23(16-25(32)12-11-24-10-8-9-13-30-24)22-17-26(34-3)29-27(18-22)35-21-36-29;1-4(2)3;1-5-2(3)4/h8-10,13,17-18,23,25H,4-7,11-12,14-16,19-21H2,1-3H3;1-3H3;1H3,(H,3,4)/p+1. The number of aromatic nitrogens is 1. The van der Waals surface area contributed by atoms with Crippen molar-refractivity contribution in [2.75, 3.05) is 67.5 Å². The second kappa shape index (κ2) is 20.9. The molecule has 0 radical (unpaired) electrons. The van der Waals surface area contributed by atoms with E-state index in [0.717, 1.165) is 87.8 Å². The Balaban J connectivity index is 0.000000691. The maximum atomic E-state index is 13.4. The number of hydrogen-bond acceptors (Lipinski definition) is 8. The smallest absolute Gasteiger partial charge is 0.364 e. The quantitative estimate of drug-likeness (QED) is 0.316. The molecule has 252 valence electrons. The Kier molecular flexibility index (Phi) is 17.7. The summed E-state index contributed by atoms with van der Waals surface area (Å²) in [5, 5.41) is 6.86. The van der Waals surface area contributed by atoms with Gasteiger partial charge in [0.05, 0.1) is 34.8 Å². The first-order chi connectivity index (χ1) is 21.6. The summed E-state index contributed by atoms with van der Waals surface area (Å²) in [7, 11) is 7.91. The lowest BCUT2D eigenvalue weighted by molar-refractivity contribution is -0.836. The highest BCUT2D eigenvalue weighted by atomic mass is 32.2. The minimum absolute atomic E-state index is 0.221. The zero-order valence-electron chi connectivity index (χ0n) is 28.3. The fourth-order valence-corrected chi connectivity index (χ4v) is 5.30. The topological polar surface area (TPSA) is 106 Å². The van der Waals surface area contributed by atoms with Gasteiger partial charge in [0.1, 0.15) is 0 Å². The molecular formula is C34H55N4O6S+. The molecule has 2 unspecified atom stereocenters. The van der Waals surface area contributed by atoms with Crippen LogP contribution in [0, 0.1) is 0 Å². The van der Waals surface area contributed by atoms with Crippen LogP contribution >= 0.6 is 11.8 Å². The Morgan fingerprint density at radius 3 is 2.36 bits per heavy atom. The first-order valence-corrected chi connectivity index (χ1v) is 17.3. The highest BCUT2D eigenvalue weighted by Gasteiger charge is 2.36. The van der Waals surface area contributed by atoms with E-state index < -0.39 is 5.30 Å². The number of rotatable bonds is 13. The van der Waals surface area contributed by atoms with Gasteiger partial charge in [-0.05, 0) is 85.9 Å². The molecule has 1 fully saturated rings. The number of amides is 1. The lowest BCUT2D eigenvalue weighted by atomic mass is 9.94. The molecule has 1 saturated heterocycles. The number of quaternary nitrogens is 1. The summed E-state index contributed by atoms with van der Waals surface area (Å²) < 4.78 is 16.9. The van der Waals surface area contributed by atoms with Gasteiger partial charge in [-0.2, -0.15) is 0 Å². The Labute approximate surface area is 274 Å². The van der Waals surface area contributed by atoms with Crippen LogP contribution in [0.5, 0.6) is 17.2 Å². The molecule has 0 spiro atoms. The molecule has 1 aromatic carbocycles. The third-order valence-corrected chi connectivity index (χ3v) is 7.92. The van der Waals surface area contributed by atoms with Gasteiger partial charge >= 0.3 is 5.30 Å². The number of pyridine rings is 1. The Bertz CT molecular complexity index is 1140. The predicted octanol–water partition coefficient (Wildman–Crippen LogP) is 4.83. The van der Waals surface area contributed by atoms with Gasteiger partial charge in [-0.1, -0.05) is 32.8 Å². The number of carbonyl (C=O) groups is 2. The number of methoxy groups -OCH3 is 1. The number of carbonyl (C=O) groups excluding carboxylic acids is 1. The summed E-state index contributed by atoms with van der Waals surface area (Å²) in [6, 6.07) is 10.6. The maximum Gasteiger partial charge on any atom is 0.364 e. The fraction of sp³-hybridized carbons (Fsp3) is 0.618. The minimum atomic E-state index is -0.829. The van der Waals surface area contributed by atoms with E-state index in [1.807, 2.05) is 18.3 Å². The van der Waals surface area contributed by atoms with Crippen LogP contribution in [0.1, 0.15) is 69.5 Å². The van der Waals surface area contributed by atoms with Crippen LogP contribution in [0.15, 0.2) is 36.5 Å². The van der Waals surface area contributed by atoms with E-state index in [1.165, 1.54) is 16.7 Å². The van der Waals surface area contributed by atoms with Crippen LogP contribution in [0.4, 0.5) is 4.79 Å². The Hall–Kier alpha value is -3.02. The lowest BCUT2D eigenvalue weighted by Gasteiger charge is -2.28. The van der Waals surface area contributed by atoms with Crippen molar-refractivity contribution in [3.05, 3.63) is 47.8 Å². The zero-order valence-corrected chi connectivity index (χ0v) is 29.2. The summed E-state index contributed by atoms with van der Waals surface area (Å²) >= 11 is 0.796. The first kappa shape index (κ1) is 38.2. The largest absolute Gasteiger partial charge is 0.493 e. The number of aryl methyl sites for hydroxylation is 1. The van der Waals surface area contributed by atoms with Crippen LogP contribution in [0.3, 0.4) is 0 Å². The Morgan fingerprint density at radius 1 is 1.13 bits per heavy atom. The van der Waals surface area contributed by atoms with Crippen molar-refractivity contribution in [3.8, 4) is 17.2 Å². The molecule has 2 aliphatic heterocycles. The van der Waals surface area contributed by atoms with Gasteiger partial charge in [0.25, 0.3) is 0 Å². The molecule has 4 rings (SSSR count). The van der Waals surface area contributed by atoms with E-state index in [9.17, 15) is 9.59 Å². The summed E-state index contributed by atoms with van der Waals surface area (Å²) in [6.45, 7) is 7.60. The number of fused-ring (bicyclic) bond motifs is 1. The molecule has 45 heavy (non-hydrogen) atoms. The third kappa shape index (κ3) is 13.5.